The van der Waals surface area contributed by atoms with Gasteiger partial charge in [-0.1, -0.05) is 18.2 Å². The lowest BCUT2D eigenvalue weighted by Crippen LogP contribution is -2.48. The summed E-state index contributed by atoms with van der Waals surface area (Å²) in [4.78, 5) is 16.5. The van der Waals surface area contributed by atoms with Crippen molar-refractivity contribution >= 4 is 11.6 Å². The molecule has 1 amide bonds. The summed E-state index contributed by atoms with van der Waals surface area (Å²) in [6, 6.07) is 7.56. The van der Waals surface area contributed by atoms with E-state index in [1.165, 1.54) is 0 Å². The monoisotopic (exact) mass is 272 g/mol. The Balaban J connectivity index is 1.77. The van der Waals surface area contributed by atoms with Crippen LogP contribution in [0.1, 0.15) is 5.56 Å². The van der Waals surface area contributed by atoms with Crippen LogP contribution in [-0.4, -0.2) is 55.0 Å². The smallest absolute Gasteiger partial charge is 0.238 e. The summed E-state index contributed by atoms with van der Waals surface area (Å²) in [7, 11) is 0. The van der Waals surface area contributed by atoms with Crippen molar-refractivity contribution < 1.29 is 4.79 Å². The number of nitrogens with zero attached hydrogens (tertiary/aromatic N) is 2. The molecule has 0 saturated carbocycles. The molecule has 0 spiro atoms. The van der Waals surface area contributed by atoms with Gasteiger partial charge in [-0.3, -0.25) is 14.6 Å². The summed E-state index contributed by atoms with van der Waals surface area (Å²) >= 11 is 0. The maximum absolute atomic E-state index is 12.0. The molecule has 1 saturated heterocycles. The van der Waals surface area contributed by atoms with E-state index in [4.69, 9.17) is 0 Å². The number of hydrogen-bond acceptors (Lipinski definition) is 3. The molecule has 0 aromatic heterocycles. The number of rotatable bonds is 5. The summed E-state index contributed by atoms with van der Waals surface area (Å²) in [5, 5.41) is 2.92. The molecule has 0 unspecified atom stereocenters. The number of benzene rings is 1. The van der Waals surface area contributed by atoms with Gasteiger partial charge in [0.2, 0.25) is 5.91 Å². The average molecular weight is 272 g/mol. The van der Waals surface area contributed by atoms with E-state index < -0.39 is 0 Å². The molecule has 1 radical (unpaired) electrons. The topological polar surface area (TPSA) is 35.6 Å². The van der Waals surface area contributed by atoms with Crippen molar-refractivity contribution in [3.8, 4) is 0 Å². The quantitative estimate of drug-likeness (QED) is 0.827. The summed E-state index contributed by atoms with van der Waals surface area (Å²) in [6.07, 6.45) is 1.92. The molecule has 1 aromatic carbocycles. The Labute approximate surface area is 121 Å². The number of amides is 1. The highest BCUT2D eigenvalue weighted by atomic mass is 16.2. The molecule has 1 fully saturated rings. The zero-order chi connectivity index (χ0) is 14.4. The van der Waals surface area contributed by atoms with E-state index in [2.05, 4.69) is 28.6 Å². The Bertz CT molecular complexity index is 465. The Morgan fingerprint density at radius 1 is 1.25 bits per heavy atom. The molecule has 1 N–H and O–H groups in total. The molecule has 4 nitrogen and oxygen atoms in total. The largest absolute Gasteiger partial charge is 0.325 e. The van der Waals surface area contributed by atoms with Crippen LogP contribution < -0.4 is 5.32 Å². The van der Waals surface area contributed by atoms with Gasteiger partial charge in [-0.05, 0) is 24.6 Å². The minimum atomic E-state index is 0.0350. The van der Waals surface area contributed by atoms with Crippen molar-refractivity contribution in [3.05, 3.63) is 49.4 Å². The second-order valence-corrected chi connectivity index (χ2v) is 5.11. The highest BCUT2D eigenvalue weighted by Crippen LogP contribution is 2.09. The third-order valence-corrected chi connectivity index (χ3v) is 3.43. The number of anilines is 1. The molecular weight excluding hydrogens is 250 g/mol. The van der Waals surface area contributed by atoms with Crippen LogP contribution in [0.5, 0.6) is 0 Å². The third kappa shape index (κ3) is 4.47. The third-order valence-electron chi connectivity index (χ3n) is 3.43. The molecule has 1 aliphatic rings. The van der Waals surface area contributed by atoms with E-state index in [1.807, 2.05) is 30.3 Å². The van der Waals surface area contributed by atoms with E-state index in [0.717, 1.165) is 44.0 Å². The second kappa shape index (κ2) is 7.22. The predicted octanol–water partition coefficient (Wildman–Crippen LogP) is 1.61. The lowest BCUT2D eigenvalue weighted by Gasteiger charge is -2.33. The molecule has 1 aliphatic heterocycles. The van der Waals surface area contributed by atoms with Crippen molar-refractivity contribution in [2.45, 2.75) is 0 Å². The molecule has 4 heteroatoms. The van der Waals surface area contributed by atoms with Crippen LogP contribution in [0, 0.1) is 6.92 Å². The van der Waals surface area contributed by atoms with Gasteiger partial charge >= 0.3 is 0 Å². The Hall–Kier alpha value is -1.65. The number of nitrogens with one attached hydrogen (secondary N) is 1. The molecular formula is C16H22N3O. The molecule has 20 heavy (non-hydrogen) atoms. The minimum Gasteiger partial charge on any atom is -0.325 e. The Kier molecular flexibility index (Phi) is 5.32. The minimum absolute atomic E-state index is 0.0350. The van der Waals surface area contributed by atoms with Crippen LogP contribution >= 0.6 is 0 Å². The van der Waals surface area contributed by atoms with Crippen LogP contribution in [0.15, 0.2) is 36.9 Å². The first-order chi connectivity index (χ1) is 9.67. The van der Waals surface area contributed by atoms with E-state index in [0.29, 0.717) is 6.54 Å². The number of carbonyl (C=O) groups excluding carboxylic acids is 1. The molecule has 2 rings (SSSR count). The average Bonchev–Trinajstić information content (AvgIpc) is 2.41. The summed E-state index contributed by atoms with van der Waals surface area (Å²) in [6.45, 7) is 12.8. The van der Waals surface area contributed by atoms with Gasteiger partial charge in [0.25, 0.3) is 0 Å². The van der Waals surface area contributed by atoms with Gasteiger partial charge < -0.3 is 5.32 Å². The van der Waals surface area contributed by atoms with Gasteiger partial charge in [0, 0.05) is 38.4 Å². The normalized spacial score (nSPS) is 16.9. The van der Waals surface area contributed by atoms with Crippen molar-refractivity contribution in [3.63, 3.8) is 0 Å². The first-order valence-electron chi connectivity index (χ1n) is 6.95. The first kappa shape index (κ1) is 14.8. The van der Waals surface area contributed by atoms with Crippen molar-refractivity contribution in [1.29, 1.82) is 0 Å². The van der Waals surface area contributed by atoms with Gasteiger partial charge in [0.15, 0.2) is 0 Å². The molecule has 1 aromatic rings. The lowest BCUT2D eigenvalue weighted by molar-refractivity contribution is -0.117. The maximum atomic E-state index is 12.0. The first-order valence-corrected chi connectivity index (χ1v) is 6.95. The van der Waals surface area contributed by atoms with Gasteiger partial charge in [-0.25, -0.2) is 0 Å². The van der Waals surface area contributed by atoms with Crippen LogP contribution in [0.4, 0.5) is 5.69 Å². The molecule has 0 bridgehead atoms. The molecule has 0 atom stereocenters. The summed E-state index contributed by atoms with van der Waals surface area (Å²) in [5.41, 5.74) is 1.72. The van der Waals surface area contributed by atoms with Gasteiger partial charge in [0.1, 0.15) is 0 Å². The van der Waals surface area contributed by atoms with Crippen LogP contribution in [-0.2, 0) is 4.79 Å². The SMILES string of the molecule is [CH2]c1cccc(NC(=O)CN2CCN(CC=C)CC2)c1. The van der Waals surface area contributed by atoms with E-state index in [1.54, 1.807) is 0 Å². The fourth-order valence-corrected chi connectivity index (χ4v) is 2.37. The van der Waals surface area contributed by atoms with E-state index in [-0.39, 0.29) is 5.91 Å². The predicted molar refractivity (Wildman–Crippen MR) is 82.6 cm³/mol. The number of piperazine rings is 1. The maximum Gasteiger partial charge on any atom is 0.238 e. The highest BCUT2D eigenvalue weighted by molar-refractivity contribution is 5.92. The number of hydrogen-bond donors (Lipinski definition) is 1. The lowest BCUT2D eigenvalue weighted by atomic mass is 10.2. The van der Waals surface area contributed by atoms with Crippen LogP contribution in [0.2, 0.25) is 0 Å². The Morgan fingerprint density at radius 3 is 2.60 bits per heavy atom. The van der Waals surface area contributed by atoms with E-state index in [9.17, 15) is 4.79 Å². The molecule has 107 valence electrons. The standard InChI is InChI=1S/C16H22N3O/c1-3-7-18-8-10-19(11-9-18)13-16(20)17-15-6-4-5-14(2)12-15/h3-6,12H,1-2,7-11,13H2,(H,17,20). The molecule has 0 aliphatic carbocycles. The fraction of sp³-hybridized carbons (Fsp3) is 0.375. The van der Waals surface area contributed by atoms with Gasteiger partial charge in [0.05, 0.1) is 6.54 Å². The second-order valence-electron chi connectivity index (χ2n) is 5.11. The van der Waals surface area contributed by atoms with Gasteiger partial charge in [-0.2, -0.15) is 0 Å². The summed E-state index contributed by atoms with van der Waals surface area (Å²) < 4.78 is 0. The Morgan fingerprint density at radius 2 is 1.95 bits per heavy atom. The van der Waals surface area contributed by atoms with Crippen molar-refractivity contribution in [1.82, 2.24) is 9.80 Å². The zero-order valence-electron chi connectivity index (χ0n) is 11.8. The highest BCUT2D eigenvalue weighted by Gasteiger charge is 2.17. The molecule has 1 heterocycles. The zero-order valence-corrected chi connectivity index (χ0v) is 11.8. The fourth-order valence-electron chi connectivity index (χ4n) is 2.37. The summed E-state index contributed by atoms with van der Waals surface area (Å²) in [5.74, 6) is 0.0350. The van der Waals surface area contributed by atoms with Crippen molar-refractivity contribution in [2.75, 3.05) is 44.6 Å². The van der Waals surface area contributed by atoms with Gasteiger partial charge in [-0.15, -0.1) is 6.58 Å². The van der Waals surface area contributed by atoms with Crippen LogP contribution in [0.3, 0.4) is 0 Å². The number of carbonyl (C=O) groups is 1. The van der Waals surface area contributed by atoms with E-state index >= 15 is 0 Å². The van der Waals surface area contributed by atoms with Crippen LogP contribution in [0.25, 0.3) is 0 Å². The van der Waals surface area contributed by atoms with Crippen molar-refractivity contribution in [2.24, 2.45) is 0 Å².